The number of anilines is 1. The Balaban J connectivity index is 1.34. The molecule has 0 spiro atoms. The zero-order valence-electron chi connectivity index (χ0n) is 20.0. The topological polar surface area (TPSA) is 52.7 Å². The molecule has 0 bridgehead atoms. The van der Waals surface area contributed by atoms with E-state index in [9.17, 15) is 14.0 Å². The predicted octanol–water partition coefficient (Wildman–Crippen LogP) is 5.07. The number of hydrogen-bond acceptors (Lipinski definition) is 3. The van der Waals surface area contributed by atoms with E-state index in [1.165, 1.54) is 34.9 Å². The Labute approximate surface area is 205 Å². The number of piperidine rings is 2. The van der Waals surface area contributed by atoms with Gasteiger partial charge in [0.2, 0.25) is 11.8 Å². The van der Waals surface area contributed by atoms with Gasteiger partial charge in [0.1, 0.15) is 5.82 Å². The maximum Gasteiger partial charge on any atom is 0.228 e. The van der Waals surface area contributed by atoms with Gasteiger partial charge in [-0.1, -0.05) is 36.4 Å². The van der Waals surface area contributed by atoms with Crippen molar-refractivity contribution in [2.75, 3.05) is 31.5 Å². The van der Waals surface area contributed by atoms with Gasteiger partial charge < -0.3 is 10.2 Å². The summed E-state index contributed by atoms with van der Waals surface area (Å²) in [5.41, 5.74) is 1.74. The Kier molecular flexibility index (Phi) is 7.09. The van der Waals surface area contributed by atoms with Crippen molar-refractivity contribution in [2.24, 2.45) is 11.8 Å². The summed E-state index contributed by atoms with van der Waals surface area (Å²) in [7, 11) is 0. The quantitative estimate of drug-likeness (QED) is 0.563. The number of amides is 2. The van der Waals surface area contributed by atoms with Crippen molar-refractivity contribution in [3.8, 4) is 0 Å². The van der Waals surface area contributed by atoms with Crippen LogP contribution in [0.2, 0.25) is 0 Å². The van der Waals surface area contributed by atoms with E-state index < -0.39 is 0 Å². The van der Waals surface area contributed by atoms with Crippen LogP contribution >= 0.6 is 0 Å². The molecule has 2 heterocycles. The third-order valence-electron chi connectivity index (χ3n) is 7.25. The van der Waals surface area contributed by atoms with E-state index in [-0.39, 0.29) is 29.5 Å². The number of nitrogens with one attached hydrogen (secondary N) is 1. The number of nitrogens with zero attached hydrogens (tertiary/aromatic N) is 2. The Morgan fingerprint density at radius 2 is 1.57 bits per heavy atom. The fraction of sp³-hybridized carbons (Fsp3) is 0.379. The zero-order chi connectivity index (χ0) is 24.2. The highest BCUT2D eigenvalue weighted by molar-refractivity contribution is 5.93. The van der Waals surface area contributed by atoms with Gasteiger partial charge in [0, 0.05) is 38.4 Å². The molecule has 1 N–H and O–H groups in total. The van der Waals surface area contributed by atoms with Crippen molar-refractivity contribution in [2.45, 2.75) is 32.2 Å². The van der Waals surface area contributed by atoms with Crippen LogP contribution < -0.4 is 5.32 Å². The molecule has 0 aliphatic carbocycles. The highest BCUT2D eigenvalue weighted by Gasteiger charge is 2.37. The molecule has 2 saturated heterocycles. The lowest BCUT2D eigenvalue weighted by atomic mass is 9.86. The van der Waals surface area contributed by atoms with Crippen LogP contribution in [-0.4, -0.2) is 47.8 Å². The number of hydrogen-bond donors (Lipinski definition) is 1. The number of rotatable bonds is 5. The molecule has 2 atom stereocenters. The number of carbonyl (C=O) groups is 2. The number of fused-ring (bicyclic) bond motifs is 1. The molecule has 0 saturated carbocycles. The third kappa shape index (κ3) is 5.70. The minimum atomic E-state index is -0.339. The largest absolute Gasteiger partial charge is 0.342 e. The summed E-state index contributed by atoms with van der Waals surface area (Å²) in [6.45, 7) is 3.56. The first kappa shape index (κ1) is 23.5. The lowest BCUT2D eigenvalue weighted by Gasteiger charge is -2.39. The van der Waals surface area contributed by atoms with Gasteiger partial charge >= 0.3 is 0 Å². The average molecular weight is 474 g/mol. The van der Waals surface area contributed by atoms with E-state index in [2.05, 4.69) is 40.5 Å². The second kappa shape index (κ2) is 10.6. The molecule has 182 valence electrons. The van der Waals surface area contributed by atoms with Crippen LogP contribution in [0.3, 0.4) is 0 Å². The van der Waals surface area contributed by atoms with Gasteiger partial charge in [-0.3, -0.25) is 14.5 Å². The Bertz CT molecular complexity index is 1190. The van der Waals surface area contributed by atoms with Gasteiger partial charge in [-0.15, -0.1) is 0 Å². The third-order valence-corrected chi connectivity index (χ3v) is 7.25. The summed E-state index contributed by atoms with van der Waals surface area (Å²) in [5, 5.41) is 5.32. The van der Waals surface area contributed by atoms with Crippen molar-refractivity contribution in [1.29, 1.82) is 0 Å². The highest BCUT2D eigenvalue weighted by Crippen LogP contribution is 2.28. The lowest BCUT2D eigenvalue weighted by molar-refractivity contribution is -0.140. The molecule has 0 radical (unpaired) electrons. The van der Waals surface area contributed by atoms with Crippen LogP contribution in [0.25, 0.3) is 10.8 Å². The van der Waals surface area contributed by atoms with Crippen LogP contribution in [0.5, 0.6) is 0 Å². The molecular formula is C29H32FN3O2. The van der Waals surface area contributed by atoms with Crippen molar-refractivity contribution >= 4 is 28.3 Å². The van der Waals surface area contributed by atoms with E-state index in [0.29, 0.717) is 31.7 Å². The first-order chi connectivity index (χ1) is 17.0. The maximum absolute atomic E-state index is 13.4. The first-order valence-corrected chi connectivity index (χ1v) is 12.6. The average Bonchev–Trinajstić information content (AvgIpc) is 2.90. The van der Waals surface area contributed by atoms with Crippen LogP contribution in [0.15, 0.2) is 66.7 Å². The molecule has 3 aromatic carbocycles. The number of likely N-dealkylation sites (tertiary alicyclic amines) is 2. The summed E-state index contributed by atoms with van der Waals surface area (Å²) in [6.07, 6.45) is 3.81. The molecule has 5 rings (SSSR count). The first-order valence-electron chi connectivity index (χ1n) is 12.6. The molecule has 2 aliphatic heterocycles. The number of carbonyl (C=O) groups excluding carboxylic acids is 2. The van der Waals surface area contributed by atoms with Gasteiger partial charge in [-0.05, 0) is 72.4 Å². The second-order valence-electron chi connectivity index (χ2n) is 9.89. The second-order valence-corrected chi connectivity index (χ2v) is 9.89. The minimum Gasteiger partial charge on any atom is -0.342 e. The van der Waals surface area contributed by atoms with Crippen molar-refractivity contribution < 1.29 is 14.0 Å². The molecule has 3 aromatic rings. The van der Waals surface area contributed by atoms with Crippen LogP contribution in [0.4, 0.5) is 10.1 Å². The molecule has 6 heteroatoms. The van der Waals surface area contributed by atoms with E-state index in [1.807, 2.05) is 17.0 Å². The molecule has 35 heavy (non-hydrogen) atoms. The zero-order valence-corrected chi connectivity index (χ0v) is 20.0. The van der Waals surface area contributed by atoms with Gasteiger partial charge in [0.05, 0.1) is 11.8 Å². The van der Waals surface area contributed by atoms with Crippen LogP contribution in [0.1, 0.15) is 31.2 Å². The maximum atomic E-state index is 13.4. The van der Waals surface area contributed by atoms with Crippen molar-refractivity contribution in [1.82, 2.24) is 9.80 Å². The summed E-state index contributed by atoms with van der Waals surface area (Å²) < 4.78 is 13.3. The van der Waals surface area contributed by atoms with Gasteiger partial charge in [-0.25, -0.2) is 4.39 Å². The molecule has 2 fully saturated rings. The summed E-state index contributed by atoms with van der Waals surface area (Å²) >= 11 is 0. The summed E-state index contributed by atoms with van der Waals surface area (Å²) in [4.78, 5) is 30.9. The van der Waals surface area contributed by atoms with Gasteiger partial charge in [-0.2, -0.15) is 0 Å². The smallest absolute Gasteiger partial charge is 0.228 e. The molecule has 0 unspecified atom stereocenters. The van der Waals surface area contributed by atoms with Gasteiger partial charge in [0.15, 0.2) is 0 Å². The van der Waals surface area contributed by atoms with Crippen molar-refractivity contribution in [3.63, 3.8) is 0 Å². The summed E-state index contributed by atoms with van der Waals surface area (Å²) in [6, 6.07) is 20.5. The molecular weight excluding hydrogens is 441 g/mol. The fourth-order valence-electron chi connectivity index (χ4n) is 5.43. The number of benzene rings is 3. The molecule has 2 aliphatic rings. The normalized spacial score (nSPS) is 21.1. The molecule has 0 aromatic heterocycles. The van der Waals surface area contributed by atoms with E-state index in [4.69, 9.17) is 0 Å². The lowest BCUT2D eigenvalue weighted by Crippen LogP contribution is -2.50. The number of halogens is 1. The van der Waals surface area contributed by atoms with Crippen molar-refractivity contribution in [3.05, 3.63) is 78.1 Å². The standard InChI is InChI=1S/C29H32FN3O2/c30-26-10-12-27(13-11-26)31-28(34)24-17-25(29(35)33-14-4-1-5-15-33)20-32(19-24)18-21-8-9-22-6-2-3-7-23(22)16-21/h2-3,6-13,16,24-25H,1,4-5,14-15,17-20H2,(H,31,34)/t24-,25+/m1/s1. The van der Waals surface area contributed by atoms with E-state index in [1.54, 1.807) is 12.1 Å². The van der Waals surface area contributed by atoms with E-state index in [0.717, 1.165) is 25.9 Å². The fourth-order valence-corrected chi connectivity index (χ4v) is 5.43. The molecule has 5 nitrogen and oxygen atoms in total. The van der Waals surface area contributed by atoms with Gasteiger partial charge in [0.25, 0.3) is 0 Å². The predicted molar refractivity (Wildman–Crippen MR) is 136 cm³/mol. The van der Waals surface area contributed by atoms with Crippen LogP contribution in [-0.2, 0) is 16.1 Å². The molecule has 2 amide bonds. The van der Waals surface area contributed by atoms with E-state index >= 15 is 0 Å². The Morgan fingerprint density at radius 3 is 2.34 bits per heavy atom. The monoisotopic (exact) mass is 473 g/mol. The van der Waals surface area contributed by atoms with Crippen LogP contribution in [0, 0.1) is 17.7 Å². The Morgan fingerprint density at radius 1 is 0.857 bits per heavy atom. The SMILES string of the molecule is O=C(Nc1ccc(F)cc1)[C@@H]1C[C@H](C(=O)N2CCCCC2)CN(Cc2ccc3ccccc3c2)C1. The Hall–Kier alpha value is -3.25. The summed E-state index contributed by atoms with van der Waals surface area (Å²) in [5.74, 6) is -0.794. The highest BCUT2D eigenvalue weighted by atomic mass is 19.1. The minimum absolute atomic E-state index is 0.115.